The number of benzene rings is 1. The summed E-state index contributed by atoms with van der Waals surface area (Å²) in [6.45, 7) is 2.83. The van der Waals surface area contributed by atoms with Gasteiger partial charge in [-0.1, -0.05) is 0 Å². The van der Waals surface area contributed by atoms with Crippen molar-refractivity contribution < 1.29 is 8.78 Å². The Hall–Kier alpha value is -3.66. The summed E-state index contributed by atoms with van der Waals surface area (Å²) >= 11 is 0. The molecule has 0 bridgehead atoms. The lowest BCUT2D eigenvalue weighted by Gasteiger charge is -2.28. The number of nitrogens with one attached hydrogen (secondary N) is 1. The summed E-state index contributed by atoms with van der Waals surface area (Å²) in [7, 11) is 2.15. The Morgan fingerprint density at radius 2 is 1.86 bits per heavy atom. The lowest BCUT2D eigenvalue weighted by molar-refractivity contribution is 0.212. The number of likely N-dealkylation sites (tertiary alicyclic amines) is 1. The zero-order chi connectivity index (χ0) is 24.6. The van der Waals surface area contributed by atoms with Gasteiger partial charge in [0.2, 0.25) is 0 Å². The van der Waals surface area contributed by atoms with Gasteiger partial charge in [-0.25, -0.2) is 23.7 Å². The van der Waals surface area contributed by atoms with Gasteiger partial charge in [-0.3, -0.25) is 4.68 Å². The first-order valence-electron chi connectivity index (χ1n) is 12.4. The quantitative estimate of drug-likeness (QED) is 0.429. The smallest absolute Gasteiger partial charge is 0.160 e. The predicted octanol–water partition coefficient (Wildman–Crippen LogP) is 4.85. The number of fused-ring (bicyclic) bond motifs is 1. The standard InChI is InChI=1S/C26H28F2N8/c1-34-11-8-19(9-12-34)36-15-18(14-31-36)32-26-25-22(29-16-30-26)6-7-24(33-25)35-10-2-3-23(35)20-13-17(27)4-5-21(20)28/h4-7,13-16,19,23H,2-3,8-12H2,1H3,(H,29,30,32)/t23-/m1/s1. The fourth-order valence-electron chi connectivity index (χ4n) is 5.31. The van der Waals surface area contributed by atoms with Crippen molar-refractivity contribution in [1.29, 1.82) is 0 Å². The van der Waals surface area contributed by atoms with Crippen LogP contribution in [0.1, 0.15) is 43.3 Å². The first-order valence-corrected chi connectivity index (χ1v) is 12.4. The number of pyridine rings is 1. The number of hydrogen-bond donors (Lipinski definition) is 1. The summed E-state index contributed by atoms with van der Waals surface area (Å²) in [6, 6.07) is 7.51. The molecule has 0 amide bonds. The van der Waals surface area contributed by atoms with Crippen molar-refractivity contribution in [2.24, 2.45) is 0 Å². The lowest BCUT2D eigenvalue weighted by Crippen LogP contribution is -2.31. The molecule has 2 aliphatic heterocycles. The molecule has 0 aliphatic carbocycles. The minimum absolute atomic E-state index is 0.278. The van der Waals surface area contributed by atoms with Crippen LogP contribution in [0, 0.1) is 11.6 Å². The number of halogens is 2. The minimum atomic E-state index is -0.439. The van der Waals surface area contributed by atoms with Crippen LogP contribution in [-0.2, 0) is 0 Å². The molecule has 186 valence electrons. The Labute approximate surface area is 208 Å². The summed E-state index contributed by atoms with van der Waals surface area (Å²) in [5.41, 5.74) is 2.51. The summed E-state index contributed by atoms with van der Waals surface area (Å²) in [5.74, 6) is 0.429. The molecular formula is C26H28F2N8. The third-order valence-electron chi connectivity index (χ3n) is 7.26. The van der Waals surface area contributed by atoms with E-state index in [-0.39, 0.29) is 6.04 Å². The van der Waals surface area contributed by atoms with Gasteiger partial charge < -0.3 is 15.1 Å². The topological polar surface area (TPSA) is 75.0 Å². The van der Waals surface area contributed by atoms with Crippen LogP contribution < -0.4 is 10.2 Å². The molecule has 8 nitrogen and oxygen atoms in total. The van der Waals surface area contributed by atoms with E-state index in [0.717, 1.165) is 50.5 Å². The predicted molar refractivity (Wildman–Crippen MR) is 134 cm³/mol. The third-order valence-corrected chi connectivity index (χ3v) is 7.26. The molecule has 1 aromatic carbocycles. The average molecular weight is 491 g/mol. The molecule has 0 spiro atoms. The zero-order valence-corrected chi connectivity index (χ0v) is 20.1. The first kappa shape index (κ1) is 22.8. The van der Waals surface area contributed by atoms with Gasteiger partial charge in [0.15, 0.2) is 5.82 Å². The highest BCUT2D eigenvalue weighted by Gasteiger charge is 2.30. The Morgan fingerprint density at radius 3 is 2.72 bits per heavy atom. The fraction of sp³-hybridized carbons (Fsp3) is 0.385. The van der Waals surface area contributed by atoms with E-state index in [1.165, 1.54) is 18.5 Å². The van der Waals surface area contributed by atoms with E-state index >= 15 is 0 Å². The maximum atomic E-state index is 14.6. The van der Waals surface area contributed by atoms with E-state index in [1.807, 2.05) is 27.9 Å². The monoisotopic (exact) mass is 490 g/mol. The minimum Gasteiger partial charge on any atom is -0.349 e. The molecule has 6 rings (SSSR count). The van der Waals surface area contributed by atoms with Gasteiger partial charge in [-0.2, -0.15) is 5.10 Å². The van der Waals surface area contributed by atoms with Crippen LogP contribution in [0.5, 0.6) is 0 Å². The summed E-state index contributed by atoms with van der Waals surface area (Å²) in [6.07, 6.45) is 9.06. The van der Waals surface area contributed by atoms with E-state index in [0.29, 0.717) is 40.8 Å². The fourth-order valence-corrected chi connectivity index (χ4v) is 5.31. The zero-order valence-electron chi connectivity index (χ0n) is 20.1. The van der Waals surface area contributed by atoms with E-state index in [9.17, 15) is 8.78 Å². The molecule has 4 aromatic rings. The molecule has 10 heteroatoms. The van der Waals surface area contributed by atoms with Crippen molar-refractivity contribution in [3.8, 4) is 0 Å². The van der Waals surface area contributed by atoms with E-state index in [4.69, 9.17) is 4.98 Å². The number of hydrogen-bond acceptors (Lipinski definition) is 7. The molecule has 1 atom stereocenters. The van der Waals surface area contributed by atoms with Crippen LogP contribution in [0.4, 0.5) is 26.1 Å². The van der Waals surface area contributed by atoms with Crippen molar-refractivity contribution in [1.82, 2.24) is 29.6 Å². The Kier molecular flexibility index (Phi) is 5.96. The molecule has 3 aromatic heterocycles. The summed E-state index contributed by atoms with van der Waals surface area (Å²) in [5, 5.41) is 7.94. The van der Waals surface area contributed by atoms with Gasteiger partial charge in [0.25, 0.3) is 0 Å². The van der Waals surface area contributed by atoms with Gasteiger partial charge in [0, 0.05) is 18.3 Å². The second-order valence-electron chi connectivity index (χ2n) is 9.65. The maximum Gasteiger partial charge on any atom is 0.160 e. The van der Waals surface area contributed by atoms with Crippen molar-refractivity contribution in [3.05, 3.63) is 66.3 Å². The van der Waals surface area contributed by atoms with Crippen LogP contribution in [0.2, 0.25) is 0 Å². The highest BCUT2D eigenvalue weighted by Crippen LogP contribution is 2.37. The molecule has 2 fully saturated rings. The van der Waals surface area contributed by atoms with Crippen LogP contribution in [0.25, 0.3) is 11.0 Å². The maximum absolute atomic E-state index is 14.6. The van der Waals surface area contributed by atoms with Gasteiger partial charge in [0.05, 0.1) is 29.5 Å². The number of nitrogens with zero attached hydrogens (tertiary/aromatic N) is 7. The van der Waals surface area contributed by atoms with Gasteiger partial charge in [-0.15, -0.1) is 0 Å². The molecule has 36 heavy (non-hydrogen) atoms. The van der Waals surface area contributed by atoms with Gasteiger partial charge in [0.1, 0.15) is 29.3 Å². The van der Waals surface area contributed by atoms with Crippen LogP contribution in [0.3, 0.4) is 0 Å². The Balaban J connectivity index is 1.28. The largest absolute Gasteiger partial charge is 0.349 e. The van der Waals surface area contributed by atoms with E-state index in [2.05, 4.69) is 32.3 Å². The van der Waals surface area contributed by atoms with Crippen LogP contribution >= 0.6 is 0 Å². The van der Waals surface area contributed by atoms with E-state index < -0.39 is 11.6 Å². The SMILES string of the molecule is CN1CCC(n2cc(Nc3ncnc4ccc(N5CCC[C@@H]5c5cc(F)ccc5F)nc34)cn2)CC1. The second kappa shape index (κ2) is 9.42. The van der Waals surface area contributed by atoms with Crippen LogP contribution in [0.15, 0.2) is 49.1 Å². The van der Waals surface area contributed by atoms with Crippen molar-refractivity contribution in [2.45, 2.75) is 37.8 Å². The third kappa shape index (κ3) is 4.37. The number of piperidine rings is 1. The Bertz CT molecular complexity index is 1380. The summed E-state index contributed by atoms with van der Waals surface area (Å²) < 4.78 is 30.5. The highest BCUT2D eigenvalue weighted by molar-refractivity contribution is 5.88. The molecule has 0 unspecified atom stereocenters. The Morgan fingerprint density at radius 1 is 1.00 bits per heavy atom. The lowest BCUT2D eigenvalue weighted by atomic mass is 10.0. The van der Waals surface area contributed by atoms with Crippen molar-refractivity contribution in [2.75, 3.05) is 36.9 Å². The van der Waals surface area contributed by atoms with Crippen molar-refractivity contribution >= 4 is 28.4 Å². The first-order chi connectivity index (χ1) is 17.5. The molecule has 0 saturated carbocycles. The molecule has 2 saturated heterocycles. The van der Waals surface area contributed by atoms with Gasteiger partial charge >= 0.3 is 0 Å². The normalized spacial score (nSPS) is 19.3. The van der Waals surface area contributed by atoms with E-state index in [1.54, 1.807) is 6.20 Å². The summed E-state index contributed by atoms with van der Waals surface area (Å²) in [4.78, 5) is 18.1. The molecule has 1 N–H and O–H groups in total. The van der Waals surface area contributed by atoms with Crippen molar-refractivity contribution in [3.63, 3.8) is 0 Å². The number of rotatable bonds is 5. The number of aromatic nitrogens is 5. The van der Waals surface area contributed by atoms with Gasteiger partial charge in [-0.05, 0) is 76.2 Å². The molecule has 5 heterocycles. The molecule has 0 radical (unpaired) electrons. The second-order valence-corrected chi connectivity index (χ2v) is 9.65. The molecule has 2 aliphatic rings. The van der Waals surface area contributed by atoms with Crippen LogP contribution in [-0.4, -0.2) is 56.3 Å². The molecular weight excluding hydrogens is 462 g/mol. The highest BCUT2D eigenvalue weighted by atomic mass is 19.1. The average Bonchev–Trinajstić information content (AvgIpc) is 3.56. The number of anilines is 3.